The Balaban J connectivity index is 1.62. The predicted molar refractivity (Wildman–Crippen MR) is 147 cm³/mol. The second kappa shape index (κ2) is 11.1. The van der Waals surface area contributed by atoms with Gasteiger partial charge in [-0.2, -0.15) is 0 Å². The van der Waals surface area contributed by atoms with E-state index in [2.05, 4.69) is 16.9 Å². The third-order valence-electron chi connectivity index (χ3n) is 7.07. The van der Waals surface area contributed by atoms with Crippen LogP contribution < -0.4 is 34.2 Å². The van der Waals surface area contributed by atoms with E-state index < -0.39 is 12.0 Å². The number of benzene rings is 1. The van der Waals surface area contributed by atoms with Crippen LogP contribution in [-0.2, 0) is 9.53 Å². The lowest BCUT2D eigenvalue weighted by molar-refractivity contribution is -0.880. The predicted octanol–water partition coefficient (Wildman–Crippen LogP) is 0.743. The third-order valence-corrected chi connectivity index (χ3v) is 8.05. The van der Waals surface area contributed by atoms with Crippen LogP contribution in [0.4, 0.5) is 5.88 Å². The van der Waals surface area contributed by atoms with Crippen LogP contribution in [0.1, 0.15) is 31.2 Å². The van der Waals surface area contributed by atoms with Crippen LogP contribution in [0.2, 0.25) is 0 Å². The lowest BCUT2D eigenvalue weighted by Gasteiger charge is -2.29. The minimum atomic E-state index is -0.789. The molecule has 5 rings (SSSR count). The van der Waals surface area contributed by atoms with Gasteiger partial charge in [-0.1, -0.05) is 11.3 Å². The molecule has 1 aromatic carbocycles. The number of carbonyl (C=O) groups is 1. The number of quaternary nitrogens is 1. The standard InChI is InChI=1S/C28H32N4O6S/c1-6-37-27(34)24-17(2)29-28-32(25(24)20-9-7-18(35-4)15-21(20)36-5)26(33)22(39-28)16-19-8-10-23(38-19)31-13-11-30(3)12-14-31/h7-10,15-16,25H,6,11-14H2,1-5H3/p+1/b22-16+/t25-/m1/s1. The van der Waals surface area contributed by atoms with Gasteiger partial charge in [0.2, 0.25) is 0 Å². The number of hydrogen-bond donors (Lipinski definition) is 1. The first-order valence-corrected chi connectivity index (χ1v) is 13.7. The second-order valence-corrected chi connectivity index (χ2v) is 10.5. The van der Waals surface area contributed by atoms with Crippen LogP contribution in [-0.4, -0.2) is 64.6 Å². The van der Waals surface area contributed by atoms with Gasteiger partial charge in [-0.3, -0.25) is 9.36 Å². The van der Waals surface area contributed by atoms with Crippen molar-refractivity contribution in [2.24, 2.45) is 4.99 Å². The maximum absolute atomic E-state index is 13.9. The summed E-state index contributed by atoms with van der Waals surface area (Å²) in [5, 5.41) is 0. The first kappa shape index (κ1) is 26.8. The number of nitrogens with zero attached hydrogens (tertiary/aromatic N) is 3. The van der Waals surface area contributed by atoms with E-state index in [9.17, 15) is 9.59 Å². The lowest BCUT2D eigenvalue weighted by Crippen LogP contribution is -3.12. The Morgan fingerprint density at radius 2 is 1.97 bits per heavy atom. The highest BCUT2D eigenvalue weighted by molar-refractivity contribution is 7.07. The number of nitrogens with one attached hydrogen (secondary N) is 1. The number of allylic oxidation sites excluding steroid dienone is 1. The lowest BCUT2D eigenvalue weighted by atomic mass is 9.95. The molecule has 0 bridgehead atoms. The zero-order valence-corrected chi connectivity index (χ0v) is 23.6. The Labute approximate surface area is 230 Å². The molecule has 10 nitrogen and oxygen atoms in total. The molecule has 4 heterocycles. The molecule has 3 aromatic rings. The maximum atomic E-state index is 13.9. The third kappa shape index (κ3) is 5.11. The number of anilines is 1. The Bertz CT molecular complexity index is 1590. The number of aromatic nitrogens is 1. The first-order chi connectivity index (χ1) is 18.8. The number of ether oxygens (including phenoxy) is 3. The number of rotatable bonds is 7. The van der Waals surface area contributed by atoms with Crippen LogP contribution in [0.25, 0.3) is 6.08 Å². The summed E-state index contributed by atoms with van der Waals surface area (Å²) in [5.74, 6) is 1.93. The molecule has 0 amide bonds. The Morgan fingerprint density at radius 3 is 2.67 bits per heavy atom. The monoisotopic (exact) mass is 553 g/mol. The molecule has 0 saturated carbocycles. The Hall–Kier alpha value is -3.83. The van der Waals surface area contributed by atoms with Crippen molar-refractivity contribution in [2.45, 2.75) is 19.9 Å². The molecule has 0 unspecified atom stereocenters. The van der Waals surface area contributed by atoms with E-state index in [-0.39, 0.29) is 17.7 Å². The molecule has 2 aliphatic heterocycles. The van der Waals surface area contributed by atoms with E-state index in [1.54, 1.807) is 52.3 Å². The minimum Gasteiger partial charge on any atom is -0.497 e. The van der Waals surface area contributed by atoms with Crippen molar-refractivity contribution < 1.29 is 28.3 Å². The fourth-order valence-electron chi connectivity index (χ4n) is 4.96. The van der Waals surface area contributed by atoms with Crippen LogP contribution in [0.15, 0.2) is 55.8 Å². The molecule has 1 fully saturated rings. The van der Waals surface area contributed by atoms with Gasteiger partial charge in [0.1, 0.15) is 23.3 Å². The van der Waals surface area contributed by atoms with Crippen molar-refractivity contribution >= 4 is 29.3 Å². The highest BCUT2D eigenvalue weighted by Crippen LogP contribution is 2.37. The minimum absolute atomic E-state index is 0.196. The van der Waals surface area contributed by atoms with Crippen LogP contribution >= 0.6 is 11.3 Å². The summed E-state index contributed by atoms with van der Waals surface area (Å²) in [7, 11) is 5.30. The van der Waals surface area contributed by atoms with E-state index in [1.165, 1.54) is 20.8 Å². The van der Waals surface area contributed by atoms with Crippen molar-refractivity contribution in [3.05, 3.63) is 72.6 Å². The van der Waals surface area contributed by atoms with E-state index in [4.69, 9.17) is 18.6 Å². The number of esters is 1. The van der Waals surface area contributed by atoms with Gasteiger partial charge >= 0.3 is 5.97 Å². The number of carbonyl (C=O) groups excluding carboxylic acids is 1. The molecule has 39 heavy (non-hydrogen) atoms. The molecule has 0 spiro atoms. The van der Waals surface area contributed by atoms with Crippen molar-refractivity contribution in [1.29, 1.82) is 0 Å². The normalized spacial score (nSPS) is 18.1. The zero-order chi connectivity index (χ0) is 27.7. The maximum Gasteiger partial charge on any atom is 0.338 e. The molecule has 1 saturated heterocycles. The molecular weight excluding hydrogens is 520 g/mol. The number of likely N-dealkylation sites (N-methyl/N-ethyl adjacent to an activating group) is 1. The number of furan rings is 1. The van der Waals surface area contributed by atoms with Gasteiger partial charge in [0.25, 0.3) is 5.56 Å². The summed E-state index contributed by atoms with van der Waals surface area (Å²) in [4.78, 5) is 35.9. The number of fused-ring (bicyclic) bond motifs is 1. The summed E-state index contributed by atoms with van der Waals surface area (Å²) in [6.45, 7) is 7.62. The molecular formula is C28H33N4O6S+. The van der Waals surface area contributed by atoms with Crippen LogP contribution in [0.5, 0.6) is 11.5 Å². The molecule has 1 N–H and O–H groups in total. The van der Waals surface area contributed by atoms with Gasteiger partial charge in [0, 0.05) is 23.8 Å². The van der Waals surface area contributed by atoms with Crippen molar-refractivity contribution in [2.75, 3.05) is 59.0 Å². The molecule has 2 aliphatic rings. The topological polar surface area (TPSA) is 99.9 Å². The summed E-state index contributed by atoms with van der Waals surface area (Å²) >= 11 is 1.25. The van der Waals surface area contributed by atoms with Gasteiger partial charge in [-0.05, 0) is 32.0 Å². The quantitative estimate of drug-likeness (QED) is 0.431. The zero-order valence-electron chi connectivity index (χ0n) is 22.8. The van der Waals surface area contributed by atoms with Gasteiger partial charge in [0.15, 0.2) is 10.7 Å². The van der Waals surface area contributed by atoms with Crippen LogP contribution in [0.3, 0.4) is 0 Å². The fraction of sp³-hybridized carbons (Fsp3) is 0.393. The second-order valence-electron chi connectivity index (χ2n) is 9.53. The summed E-state index contributed by atoms with van der Waals surface area (Å²) in [5.41, 5.74) is 1.12. The molecule has 2 aromatic heterocycles. The Morgan fingerprint density at radius 1 is 1.21 bits per heavy atom. The van der Waals surface area contributed by atoms with E-state index in [1.807, 2.05) is 12.1 Å². The van der Waals surface area contributed by atoms with E-state index in [0.717, 1.165) is 32.1 Å². The summed E-state index contributed by atoms with van der Waals surface area (Å²) < 4.78 is 24.5. The average molecular weight is 554 g/mol. The highest BCUT2D eigenvalue weighted by Gasteiger charge is 2.35. The van der Waals surface area contributed by atoms with E-state index >= 15 is 0 Å². The van der Waals surface area contributed by atoms with Crippen molar-refractivity contribution in [1.82, 2.24) is 4.57 Å². The smallest absolute Gasteiger partial charge is 0.338 e. The van der Waals surface area contributed by atoms with Crippen molar-refractivity contribution in [3.63, 3.8) is 0 Å². The van der Waals surface area contributed by atoms with Gasteiger partial charge < -0.3 is 28.4 Å². The number of hydrogen-bond acceptors (Lipinski definition) is 9. The number of thiazole rings is 1. The van der Waals surface area contributed by atoms with Crippen molar-refractivity contribution in [3.8, 4) is 11.5 Å². The summed E-state index contributed by atoms with van der Waals surface area (Å²) in [6, 6.07) is 8.33. The van der Waals surface area contributed by atoms with E-state index in [0.29, 0.717) is 37.9 Å². The number of piperazine rings is 1. The first-order valence-electron chi connectivity index (χ1n) is 12.9. The molecule has 1 atom stereocenters. The molecule has 0 aliphatic carbocycles. The Kier molecular flexibility index (Phi) is 7.62. The van der Waals surface area contributed by atoms with Gasteiger partial charge in [-0.15, -0.1) is 0 Å². The average Bonchev–Trinajstić information content (AvgIpc) is 3.52. The fourth-order valence-corrected chi connectivity index (χ4v) is 5.98. The number of methoxy groups -OCH3 is 2. The summed E-state index contributed by atoms with van der Waals surface area (Å²) in [6.07, 6.45) is 1.74. The molecule has 11 heteroatoms. The van der Waals surface area contributed by atoms with Gasteiger partial charge in [-0.25, -0.2) is 9.79 Å². The molecule has 206 valence electrons. The van der Waals surface area contributed by atoms with Crippen LogP contribution in [0, 0.1) is 0 Å². The molecule has 0 radical (unpaired) electrons. The largest absolute Gasteiger partial charge is 0.497 e. The SMILES string of the molecule is CCOC(=O)C1=C(C)N=c2s/c(=C/c3ccc(N4CC[NH+](C)CC4)o3)c(=O)n2[C@@H]1c1ccc(OC)cc1OC. The van der Waals surface area contributed by atoms with Gasteiger partial charge in [0.05, 0.1) is 69.9 Å². The highest BCUT2D eigenvalue weighted by atomic mass is 32.1.